The lowest BCUT2D eigenvalue weighted by Crippen LogP contribution is -2.24. The number of rotatable bonds is 9. The molecule has 0 saturated heterocycles. The molecule has 0 aliphatic carbocycles. The van der Waals surface area contributed by atoms with Gasteiger partial charge in [0.1, 0.15) is 13.2 Å². The van der Waals surface area contributed by atoms with E-state index in [2.05, 4.69) is 17.4 Å². The minimum atomic E-state index is -0.00182. The third-order valence-corrected chi connectivity index (χ3v) is 4.48. The van der Waals surface area contributed by atoms with Gasteiger partial charge >= 0.3 is 0 Å². The Morgan fingerprint density at radius 1 is 0.889 bits per heavy atom. The monoisotopic (exact) mass is 367 g/mol. The van der Waals surface area contributed by atoms with Crippen LogP contribution in [0.4, 0.5) is 0 Å². The van der Waals surface area contributed by atoms with E-state index in [0.29, 0.717) is 56.1 Å². The van der Waals surface area contributed by atoms with Crippen LogP contribution in [0.3, 0.4) is 0 Å². The van der Waals surface area contributed by atoms with Crippen molar-refractivity contribution < 1.29 is 19.1 Å². The van der Waals surface area contributed by atoms with Crippen LogP contribution in [0.15, 0.2) is 48.5 Å². The summed E-state index contributed by atoms with van der Waals surface area (Å²) in [7, 11) is 0. The molecule has 0 saturated carbocycles. The molecule has 27 heavy (non-hydrogen) atoms. The van der Waals surface area contributed by atoms with E-state index in [9.17, 15) is 9.59 Å². The highest BCUT2D eigenvalue weighted by Gasteiger charge is 2.15. The molecule has 2 aromatic carbocycles. The predicted molar refractivity (Wildman–Crippen MR) is 103 cm³/mol. The largest absolute Gasteiger partial charge is 0.486 e. The van der Waals surface area contributed by atoms with E-state index in [4.69, 9.17) is 9.47 Å². The highest BCUT2D eigenvalue weighted by atomic mass is 16.6. The van der Waals surface area contributed by atoms with Gasteiger partial charge < -0.3 is 14.8 Å². The molecule has 1 amide bonds. The number of benzene rings is 2. The predicted octanol–water partition coefficient (Wildman–Crippen LogP) is 3.56. The molecule has 0 bridgehead atoms. The summed E-state index contributed by atoms with van der Waals surface area (Å²) in [6.45, 7) is 1.68. The molecule has 142 valence electrons. The van der Waals surface area contributed by atoms with Crippen LogP contribution in [-0.2, 0) is 11.2 Å². The molecule has 3 rings (SSSR count). The Labute approximate surface area is 159 Å². The van der Waals surface area contributed by atoms with Crippen molar-refractivity contribution in [2.24, 2.45) is 0 Å². The number of carbonyl (C=O) groups excluding carboxylic acids is 2. The smallest absolute Gasteiger partial charge is 0.220 e. The molecule has 5 heteroatoms. The molecular weight excluding hydrogens is 342 g/mol. The molecule has 0 aromatic heterocycles. The first-order valence-corrected chi connectivity index (χ1v) is 9.46. The van der Waals surface area contributed by atoms with Gasteiger partial charge in [-0.05, 0) is 43.0 Å². The fourth-order valence-corrected chi connectivity index (χ4v) is 3.02. The Hall–Kier alpha value is -2.82. The zero-order valence-electron chi connectivity index (χ0n) is 15.4. The van der Waals surface area contributed by atoms with E-state index in [-0.39, 0.29) is 11.7 Å². The summed E-state index contributed by atoms with van der Waals surface area (Å²) < 4.78 is 11.0. The van der Waals surface area contributed by atoms with E-state index in [0.717, 1.165) is 12.8 Å². The van der Waals surface area contributed by atoms with E-state index in [1.165, 1.54) is 5.56 Å². The van der Waals surface area contributed by atoms with Gasteiger partial charge in [-0.25, -0.2) is 0 Å². The van der Waals surface area contributed by atoms with Crippen LogP contribution in [0.25, 0.3) is 0 Å². The number of hydrogen-bond donors (Lipinski definition) is 1. The Bertz CT molecular complexity index is 773. The van der Waals surface area contributed by atoms with Crippen LogP contribution in [-0.4, -0.2) is 31.4 Å². The molecule has 1 N–H and O–H groups in total. The number of nitrogens with one attached hydrogen (secondary N) is 1. The summed E-state index contributed by atoms with van der Waals surface area (Å²) in [5.74, 6) is 1.30. The highest BCUT2D eigenvalue weighted by molar-refractivity contribution is 5.96. The van der Waals surface area contributed by atoms with Crippen LogP contribution in [0.1, 0.15) is 41.6 Å². The number of hydrogen-bond acceptors (Lipinski definition) is 4. The molecule has 0 unspecified atom stereocenters. The summed E-state index contributed by atoms with van der Waals surface area (Å²) >= 11 is 0. The topological polar surface area (TPSA) is 64.6 Å². The standard InChI is InChI=1S/C22H25NO4/c24-19(18-11-12-20-21(16-18)27-15-14-26-20)9-4-10-22(25)23-13-5-8-17-6-2-1-3-7-17/h1-3,6-7,11-12,16H,4-5,8-10,13-15H2,(H,23,25). The SMILES string of the molecule is O=C(CCCC(=O)c1ccc2c(c1)OCCO2)NCCCc1ccccc1. The van der Waals surface area contributed by atoms with Crippen LogP contribution in [0, 0.1) is 0 Å². The van der Waals surface area contributed by atoms with Crippen molar-refractivity contribution in [3.63, 3.8) is 0 Å². The summed E-state index contributed by atoms with van der Waals surface area (Å²) in [6.07, 6.45) is 3.10. The van der Waals surface area contributed by atoms with E-state index in [1.54, 1.807) is 18.2 Å². The Morgan fingerprint density at radius 2 is 1.67 bits per heavy atom. The number of ketones is 1. The third kappa shape index (κ3) is 5.84. The molecule has 5 nitrogen and oxygen atoms in total. The number of ether oxygens (including phenoxy) is 2. The second-order valence-corrected chi connectivity index (χ2v) is 6.57. The Morgan fingerprint density at radius 3 is 2.48 bits per heavy atom. The van der Waals surface area contributed by atoms with Crippen molar-refractivity contribution in [2.75, 3.05) is 19.8 Å². The number of aryl methyl sites for hydroxylation is 1. The molecule has 1 heterocycles. The van der Waals surface area contributed by atoms with Crippen LogP contribution in [0.5, 0.6) is 11.5 Å². The minimum Gasteiger partial charge on any atom is -0.486 e. The van der Waals surface area contributed by atoms with E-state index < -0.39 is 0 Å². The van der Waals surface area contributed by atoms with Gasteiger partial charge in [0.25, 0.3) is 0 Å². The van der Waals surface area contributed by atoms with Gasteiger partial charge in [0, 0.05) is 24.9 Å². The second kappa shape index (κ2) is 9.76. The average molecular weight is 367 g/mol. The van der Waals surface area contributed by atoms with Crippen LogP contribution in [0.2, 0.25) is 0 Å². The molecular formula is C22H25NO4. The molecule has 0 atom stereocenters. The maximum absolute atomic E-state index is 12.3. The molecule has 0 fully saturated rings. The molecule has 2 aromatic rings. The van der Waals surface area contributed by atoms with Crippen LogP contribution >= 0.6 is 0 Å². The van der Waals surface area contributed by atoms with E-state index in [1.807, 2.05) is 18.2 Å². The number of carbonyl (C=O) groups is 2. The zero-order valence-corrected chi connectivity index (χ0v) is 15.4. The molecule has 0 spiro atoms. The van der Waals surface area contributed by atoms with Gasteiger partial charge in [-0.15, -0.1) is 0 Å². The fraction of sp³-hybridized carbons (Fsp3) is 0.364. The van der Waals surface area contributed by atoms with Gasteiger partial charge in [-0.3, -0.25) is 9.59 Å². The summed E-state index contributed by atoms with van der Waals surface area (Å²) in [6, 6.07) is 15.5. The maximum atomic E-state index is 12.3. The minimum absolute atomic E-state index is 0.00182. The average Bonchev–Trinajstić information content (AvgIpc) is 2.71. The number of Topliss-reactive ketones (excluding diaryl/α,β-unsaturated/α-hetero) is 1. The van der Waals surface area contributed by atoms with Gasteiger partial charge in [-0.1, -0.05) is 30.3 Å². The van der Waals surface area contributed by atoms with Crippen molar-refractivity contribution in [2.45, 2.75) is 32.1 Å². The van der Waals surface area contributed by atoms with Gasteiger partial charge in [-0.2, -0.15) is 0 Å². The lowest BCUT2D eigenvalue weighted by molar-refractivity contribution is -0.121. The van der Waals surface area contributed by atoms with Crippen molar-refractivity contribution >= 4 is 11.7 Å². The second-order valence-electron chi connectivity index (χ2n) is 6.57. The normalized spacial score (nSPS) is 12.4. The summed E-state index contributed by atoms with van der Waals surface area (Å²) in [4.78, 5) is 24.2. The van der Waals surface area contributed by atoms with Crippen molar-refractivity contribution in [3.05, 3.63) is 59.7 Å². The van der Waals surface area contributed by atoms with Crippen molar-refractivity contribution in [1.82, 2.24) is 5.32 Å². The first kappa shape index (κ1) is 19.0. The zero-order chi connectivity index (χ0) is 18.9. The quantitative estimate of drug-likeness (QED) is 0.544. The fourth-order valence-electron chi connectivity index (χ4n) is 3.02. The Balaban J connectivity index is 1.33. The Kier molecular flexibility index (Phi) is 6.85. The van der Waals surface area contributed by atoms with Gasteiger partial charge in [0.15, 0.2) is 17.3 Å². The lowest BCUT2D eigenvalue weighted by atomic mass is 10.0. The van der Waals surface area contributed by atoms with Crippen molar-refractivity contribution in [3.8, 4) is 11.5 Å². The first-order valence-electron chi connectivity index (χ1n) is 9.46. The number of fused-ring (bicyclic) bond motifs is 1. The third-order valence-electron chi connectivity index (χ3n) is 4.48. The summed E-state index contributed by atoms with van der Waals surface area (Å²) in [5.41, 5.74) is 1.87. The maximum Gasteiger partial charge on any atom is 0.220 e. The summed E-state index contributed by atoms with van der Waals surface area (Å²) in [5, 5.41) is 2.92. The van der Waals surface area contributed by atoms with Gasteiger partial charge in [0.05, 0.1) is 0 Å². The van der Waals surface area contributed by atoms with Gasteiger partial charge in [0.2, 0.25) is 5.91 Å². The first-order chi connectivity index (χ1) is 13.2. The molecule has 1 aliphatic heterocycles. The highest BCUT2D eigenvalue weighted by Crippen LogP contribution is 2.31. The van der Waals surface area contributed by atoms with Crippen molar-refractivity contribution in [1.29, 1.82) is 0 Å². The lowest BCUT2D eigenvalue weighted by Gasteiger charge is -2.18. The number of amides is 1. The van der Waals surface area contributed by atoms with E-state index >= 15 is 0 Å². The molecule has 0 radical (unpaired) electrons. The molecule has 1 aliphatic rings. The van der Waals surface area contributed by atoms with Crippen LogP contribution < -0.4 is 14.8 Å².